The molecule has 0 atom stereocenters. The molecule has 0 aliphatic rings. The maximum Gasteiger partial charge on any atom is 0.124 e. The van der Waals surface area contributed by atoms with Crippen LogP contribution < -0.4 is 0 Å². The topological polar surface area (TPSA) is 52.8 Å². The lowest BCUT2D eigenvalue weighted by molar-refractivity contribution is 0.473. The first-order valence-electron chi connectivity index (χ1n) is 8.17. The summed E-state index contributed by atoms with van der Waals surface area (Å²) in [6, 6.07) is 8.59. The molecular weight excluding hydrogens is 274 g/mol. The minimum Gasteiger partial charge on any atom is -0.508 e. The number of nitrogens with zero attached hydrogens (tertiary/aromatic N) is 1. The van der Waals surface area contributed by atoms with Gasteiger partial charge >= 0.3 is 0 Å². The summed E-state index contributed by atoms with van der Waals surface area (Å²) in [5.41, 5.74) is 0.725. The molecule has 0 saturated carbocycles. The lowest BCUT2D eigenvalue weighted by Crippen LogP contribution is -1.89. The van der Waals surface area contributed by atoms with Crippen molar-refractivity contribution in [3.63, 3.8) is 0 Å². The molecule has 2 rings (SSSR count). The number of phenolic OH excluding ortho intramolecular Hbond substituents is 2. The van der Waals surface area contributed by atoms with Crippen LogP contribution in [-0.2, 0) is 0 Å². The van der Waals surface area contributed by atoms with Crippen LogP contribution in [0.15, 0.2) is 35.3 Å². The monoisotopic (exact) mass is 299 g/mol. The highest BCUT2D eigenvalue weighted by atomic mass is 16.3. The zero-order chi connectivity index (χ0) is 15.8. The Labute approximate surface area is 132 Å². The van der Waals surface area contributed by atoms with E-state index in [0.29, 0.717) is 0 Å². The van der Waals surface area contributed by atoms with E-state index in [1.807, 2.05) is 6.07 Å². The van der Waals surface area contributed by atoms with E-state index < -0.39 is 0 Å². The van der Waals surface area contributed by atoms with Crippen LogP contribution in [0, 0.1) is 0 Å². The number of phenols is 2. The van der Waals surface area contributed by atoms with Crippen LogP contribution in [-0.4, -0.2) is 23.0 Å². The Morgan fingerprint density at radius 1 is 0.955 bits per heavy atom. The smallest absolute Gasteiger partial charge is 0.124 e. The summed E-state index contributed by atoms with van der Waals surface area (Å²) in [4.78, 5) is 4.45. The molecule has 0 amide bonds. The largest absolute Gasteiger partial charge is 0.508 e. The maximum absolute atomic E-state index is 10.0. The number of hydrogen-bond donors (Lipinski definition) is 2. The molecule has 2 aromatic carbocycles. The molecule has 0 aliphatic heterocycles. The highest BCUT2D eigenvalue weighted by Crippen LogP contribution is 2.28. The first kappa shape index (κ1) is 16.3. The molecule has 0 radical (unpaired) electrons. The number of hydrogen-bond acceptors (Lipinski definition) is 3. The van der Waals surface area contributed by atoms with Crippen molar-refractivity contribution in [3.8, 4) is 11.5 Å². The number of benzene rings is 2. The van der Waals surface area contributed by atoms with Gasteiger partial charge in [0, 0.05) is 18.3 Å². The van der Waals surface area contributed by atoms with Gasteiger partial charge in [0.25, 0.3) is 0 Å². The number of rotatable bonds is 8. The molecule has 3 nitrogen and oxygen atoms in total. The Kier molecular flexibility index (Phi) is 6.26. The van der Waals surface area contributed by atoms with Gasteiger partial charge in [-0.1, -0.05) is 45.1 Å². The summed E-state index contributed by atoms with van der Waals surface area (Å²) in [5, 5.41) is 21.4. The first-order valence-corrected chi connectivity index (χ1v) is 8.17. The van der Waals surface area contributed by atoms with Crippen molar-refractivity contribution < 1.29 is 10.2 Å². The molecule has 2 aromatic rings. The molecule has 0 spiro atoms. The van der Waals surface area contributed by atoms with Gasteiger partial charge in [-0.15, -0.1) is 0 Å². The number of aromatic hydroxyl groups is 2. The Morgan fingerprint density at radius 3 is 2.55 bits per heavy atom. The molecule has 0 aliphatic carbocycles. The summed E-state index contributed by atoms with van der Waals surface area (Å²) >= 11 is 0. The van der Waals surface area contributed by atoms with E-state index in [4.69, 9.17) is 0 Å². The third-order valence-electron chi connectivity index (χ3n) is 3.88. The minimum atomic E-state index is 0.227. The number of fused-ring (bicyclic) bond motifs is 1. The van der Waals surface area contributed by atoms with Gasteiger partial charge in [0.2, 0.25) is 0 Å². The standard InChI is InChI=1S/C19H25NO2/c1-2-3-4-5-6-7-12-20-14-18-17-10-9-16(21)13-15(17)8-11-19(18)22/h8-11,13-14,21-22H,2-7,12H2,1H3. The van der Waals surface area contributed by atoms with Crippen molar-refractivity contribution in [2.24, 2.45) is 4.99 Å². The fourth-order valence-electron chi connectivity index (χ4n) is 2.60. The fraction of sp³-hybridized carbons (Fsp3) is 0.421. The molecule has 2 N–H and O–H groups in total. The van der Waals surface area contributed by atoms with Crippen molar-refractivity contribution in [2.75, 3.05) is 6.54 Å². The highest BCUT2D eigenvalue weighted by Gasteiger charge is 2.05. The summed E-state index contributed by atoms with van der Waals surface area (Å²) in [6.45, 7) is 3.01. The summed E-state index contributed by atoms with van der Waals surface area (Å²) in [6.07, 6.45) is 9.24. The van der Waals surface area contributed by atoms with E-state index in [2.05, 4.69) is 11.9 Å². The predicted octanol–water partition coefficient (Wildman–Crippen LogP) is 5.03. The second kappa shape index (κ2) is 8.42. The van der Waals surface area contributed by atoms with Gasteiger partial charge in [-0.2, -0.15) is 0 Å². The van der Waals surface area contributed by atoms with E-state index >= 15 is 0 Å². The quantitative estimate of drug-likeness (QED) is 0.530. The zero-order valence-electron chi connectivity index (χ0n) is 13.3. The normalized spacial score (nSPS) is 11.5. The van der Waals surface area contributed by atoms with Crippen LogP contribution in [0.3, 0.4) is 0 Å². The molecule has 118 valence electrons. The maximum atomic E-state index is 10.0. The minimum absolute atomic E-state index is 0.227. The molecular formula is C19H25NO2. The van der Waals surface area contributed by atoms with Crippen molar-refractivity contribution in [3.05, 3.63) is 35.9 Å². The molecule has 0 heterocycles. The molecule has 22 heavy (non-hydrogen) atoms. The lowest BCUT2D eigenvalue weighted by atomic mass is 10.0. The van der Waals surface area contributed by atoms with Crippen molar-refractivity contribution in [1.29, 1.82) is 0 Å². The molecule has 0 fully saturated rings. The summed E-state index contributed by atoms with van der Waals surface area (Å²) < 4.78 is 0. The SMILES string of the molecule is CCCCCCCCN=Cc1c(O)ccc2cc(O)ccc12. The van der Waals surface area contributed by atoms with Gasteiger partial charge in [-0.3, -0.25) is 4.99 Å². The van der Waals surface area contributed by atoms with Crippen LogP contribution in [0.25, 0.3) is 10.8 Å². The number of aliphatic imine (C=N–C) groups is 1. The Hall–Kier alpha value is -2.03. The van der Waals surface area contributed by atoms with Crippen LogP contribution in [0.2, 0.25) is 0 Å². The Balaban J connectivity index is 1.96. The van der Waals surface area contributed by atoms with E-state index in [9.17, 15) is 10.2 Å². The molecule has 0 saturated heterocycles. The van der Waals surface area contributed by atoms with E-state index in [1.54, 1.807) is 30.5 Å². The molecule has 3 heteroatoms. The van der Waals surface area contributed by atoms with Gasteiger partial charge in [-0.05, 0) is 41.5 Å². The molecule has 0 bridgehead atoms. The Bertz CT molecular complexity index is 635. The summed E-state index contributed by atoms with van der Waals surface area (Å²) in [7, 11) is 0. The van der Waals surface area contributed by atoms with Gasteiger partial charge in [-0.25, -0.2) is 0 Å². The van der Waals surface area contributed by atoms with E-state index in [0.717, 1.165) is 29.3 Å². The average molecular weight is 299 g/mol. The molecule has 0 aromatic heterocycles. The van der Waals surface area contributed by atoms with Crippen LogP contribution >= 0.6 is 0 Å². The fourth-order valence-corrected chi connectivity index (χ4v) is 2.60. The highest BCUT2D eigenvalue weighted by molar-refractivity contribution is 6.02. The predicted molar refractivity (Wildman–Crippen MR) is 93.1 cm³/mol. The third-order valence-corrected chi connectivity index (χ3v) is 3.88. The van der Waals surface area contributed by atoms with Crippen molar-refractivity contribution in [1.82, 2.24) is 0 Å². The average Bonchev–Trinajstić information content (AvgIpc) is 2.51. The van der Waals surface area contributed by atoms with Gasteiger partial charge < -0.3 is 10.2 Å². The summed E-state index contributed by atoms with van der Waals surface area (Å²) in [5.74, 6) is 0.457. The van der Waals surface area contributed by atoms with Gasteiger partial charge in [0.1, 0.15) is 11.5 Å². The zero-order valence-corrected chi connectivity index (χ0v) is 13.3. The van der Waals surface area contributed by atoms with E-state index in [1.165, 1.54) is 32.1 Å². The van der Waals surface area contributed by atoms with Crippen LogP contribution in [0.4, 0.5) is 0 Å². The third kappa shape index (κ3) is 4.48. The first-order chi connectivity index (χ1) is 10.7. The van der Waals surface area contributed by atoms with Crippen molar-refractivity contribution in [2.45, 2.75) is 45.4 Å². The second-order valence-electron chi connectivity index (χ2n) is 5.71. The second-order valence-corrected chi connectivity index (χ2v) is 5.71. The van der Waals surface area contributed by atoms with Gasteiger partial charge in [0.05, 0.1) is 0 Å². The molecule has 0 unspecified atom stereocenters. The van der Waals surface area contributed by atoms with Crippen LogP contribution in [0.1, 0.15) is 51.0 Å². The lowest BCUT2D eigenvalue weighted by Gasteiger charge is -2.05. The van der Waals surface area contributed by atoms with Crippen molar-refractivity contribution >= 4 is 17.0 Å². The Morgan fingerprint density at radius 2 is 1.73 bits per heavy atom. The number of unbranched alkanes of at least 4 members (excludes halogenated alkanes) is 5. The van der Waals surface area contributed by atoms with Crippen LogP contribution in [0.5, 0.6) is 11.5 Å². The van der Waals surface area contributed by atoms with Gasteiger partial charge in [0.15, 0.2) is 0 Å². The van der Waals surface area contributed by atoms with E-state index in [-0.39, 0.29) is 11.5 Å².